The number of carbonyl (C=O) groups is 4. The topological polar surface area (TPSA) is 175 Å². The van der Waals surface area contributed by atoms with E-state index in [0.29, 0.717) is 35.9 Å². The first-order chi connectivity index (χ1) is 31.1. The van der Waals surface area contributed by atoms with Crippen molar-refractivity contribution in [2.45, 2.75) is 62.7 Å². The molecule has 4 amide bonds. The summed E-state index contributed by atoms with van der Waals surface area (Å²) < 4.78 is 9.77. The molecule has 0 radical (unpaired) electrons. The van der Waals surface area contributed by atoms with Crippen LogP contribution in [0.1, 0.15) is 96.6 Å². The normalized spacial score (nSPS) is 19.7. The van der Waals surface area contributed by atoms with Crippen LogP contribution in [-0.2, 0) is 19.1 Å². The number of rotatable bonds is 9. The van der Waals surface area contributed by atoms with Crippen LogP contribution < -0.4 is 10.6 Å². The van der Waals surface area contributed by atoms with E-state index < -0.39 is 24.3 Å². The molecule has 4 heterocycles. The van der Waals surface area contributed by atoms with Gasteiger partial charge in [-0.15, -0.1) is 0 Å². The molecule has 4 N–H and O–H groups in total. The number of imidazole rings is 2. The monoisotopic (exact) mass is 856 g/mol. The number of amides is 4. The zero-order valence-electron chi connectivity index (χ0n) is 35.6. The Morgan fingerprint density at radius 3 is 1.72 bits per heavy atom. The van der Waals surface area contributed by atoms with Crippen LogP contribution in [0.4, 0.5) is 9.59 Å². The molecule has 4 fully saturated rings. The highest BCUT2D eigenvalue weighted by molar-refractivity contribution is 5.89. The predicted molar refractivity (Wildman–Crippen MR) is 237 cm³/mol. The molecule has 4 aliphatic rings. The maximum Gasteiger partial charge on any atom is 0.407 e. The number of alkyl carbamates (subject to hydrolysis) is 2. The third-order valence-electron chi connectivity index (χ3n) is 13.4. The number of H-pyrrole nitrogens is 2. The van der Waals surface area contributed by atoms with Gasteiger partial charge >= 0.3 is 12.2 Å². The van der Waals surface area contributed by atoms with Crippen LogP contribution in [0, 0.1) is 22.7 Å². The van der Waals surface area contributed by atoms with E-state index in [9.17, 15) is 19.2 Å². The van der Waals surface area contributed by atoms with Crippen LogP contribution in [0.5, 0.6) is 0 Å². The molecule has 2 spiro atoms. The summed E-state index contributed by atoms with van der Waals surface area (Å²) in [5, 5.41) is 5.51. The number of ether oxygens (including phenoxy) is 2. The number of fused-ring (bicyclic) bond motifs is 1. The smallest absolute Gasteiger partial charge is 0.407 e. The average molecular weight is 857 g/mol. The zero-order chi connectivity index (χ0) is 44.0. The van der Waals surface area contributed by atoms with Gasteiger partial charge in [-0.1, -0.05) is 84.6 Å². The van der Waals surface area contributed by atoms with Crippen molar-refractivity contribution in [3.05, 3.63) is 143 Å². The molecule has 4 atom stereocenters. The van der Waals surface area contributed by atoms with Crippen LogP contribution in [0.3, 0.4) is 0 Å². The molecular formula is C50H48N8O6. The van der Waals surface area contributed by atoms with Gasteiger partial charge in [0.15, 0.2) is 0 Å². The predicted octanol–water partition coefficient (Wildman–Crippen LogP) is 7.65. The lowest BCUT2D eigenvalue weighted by atomic mass is 10.0. The second-order valence-electron chi connectivity index (χ2n) is 17.7. The van der Waals surface area contributed by atoms with Gasteiger partial charge in [0.25, 0.3) is 11.8 Å². The van der Waals surface area contributed by atoms with Gasteiger partial charge in [-0.25, -0.2) is 19.6 Å². The van der Waals surface area contributed by atoms with Crippen LogP contribution in [0.25, 0.3) is 22.3 Å². The second-order valence-corrected chi connectivity index (χ2v) is 17.7. The van der Waals surface area contributed by atoms with Crippen LogP contribution in [0.2, 0.25) is 0 Å². The number of carbonyl (C=O) groups excluding carboxylic acids is 4. The van der Waals surface area contributed by atoms with Crippen molar-refractivity contribution >= 4 is 35.0 Å². The summed E-state index contributed by atoms with van der Waals surface area (Å²) in [7, 11) is 2.58. The third kappa shape index (κ3) is 8.05. The van der Waals surface area contributed by atoms with Gasteiger partial charge in [-0.05, 0) is 96.4 Å². The summed E-state index contributed by atoms with van der Waals surface area (Å²) in [4.78, 5) is 73.7. The lowest BCUT2D eigenvalue weighted by Gasteiger charge is -2.28. The fourth-order valence-corrected chi connectivity index (χ4v) is 9.49. The first kappa shape index (κ1) is 40.7. The summed E-state index contributed by atoms with van der Waals surface area (Å²) >= 11 is 0. The van der Waals surface area contributed by atoms with E-state index in [0.717, 1.165) is 71.9 Å². The van der Waals surface area contributed by atoms with Gasteiger partial charge in [-0.2, -0.15) is 0 Å². The molecule has 10 rings (SSSR count). The van der Waals surface area contributed by atoms with Gasteiger partial charge in [0, 0.05) is 24.2 Å². The highest BCUT2D eigenvalue weighted by atomic mass is 16.5. The first-order valence-corrected chi connectivity index (χ1v) is 21.7. The molecule has 0 unspecified atom stereocenters. The molecule has 4 aromatic carbocycles. The van der Waals surface area contributed by atoms with Gasteiger partial charge in [0.05, 0.1) is 49.2 Å². The summed E-state index contributed by atoms with van der Waals surface area (Å²) in [5.74, 6) is 7.63. The second kappa shape index (κ2) is 16.4. The number of hydrogen-bond donors (Lipinski definition) is 4. The molecule has 2 saturated heterocycles. The Morgan fingerprint density at radius 2 is 1.19 bits per heavy atom. The molecule has 0 bridgehead atoms. The molecule has 324 valence electrons. The van der Waals surface area contributed by atoms with Crippen molar-refractivity contribution in [2.24, 2.45) is 10.8 Å². The van der Waals surface area contributed by atoms with Gasteiger partial charge in [0.2, 0.25) is 0 Å². The van der Waals surface area contributed by atoms with Crippen molar-refractivity contribution in [3.63, 3.8) is 0 Å². The number of benzene rings is 4. The van der Waals surface area contributed by atoms with E-state index in [4.69, 9.17) is 19.4 Å². The van der Waals surface area contributed by atoms with Crippen molar-refractivity contribution in [1.29, 1.82) is 0 Å². The number of nitrogens with zero attached hydrogens (tertiary/aromatic N) is 4. The van der Waals surface area contributed by atoms with Crippen LogP contribution in [-0.4, -0.2) is 81.0 Å². The van der Waals surface area contributed by atoms with Crippen molar-refractivity contribution in [2.75, 3.05) is 27.3 Å². The highest BCUT2D eigenvalue weighted by Gasteiger charge is 2.56. The van der Waals surface area contributed by atoms with Crippen LogP contribution in [0.15, 0.2) is 109 Å². The SMILES string of the molecule is COC(=O)N[C@@H](C(=O)N1CC2(CC2)C[C@H]1c1ncc(-c2ccc(C#Cc3ccc4nc([C@@H]5CC6(CC6)CN5C(=O)[C@H](NC(=O)OC)c5ccccc5)[nH]c4c3)cc2)[nH]1)c1ccccc1. The fraction of sp³-hybridized carbons (Fsp3) is 0.320. The number of hydrogen-bond acceptors (Lipinski definition) is 8. The van der Waals surface area contributed by atoms with E-state index in [-0.39, 0.29) is 34.7 Å². The molecule has 14 nitrogen and oxygen atoms in total. The summed E-state index contributed by atoms with van der Waals surface area (Å²) in [5.41, 5.74) is 6.53. The highest BCUT2D eigenvalue weighted by Crippen LogP contribution is 2.59. The molecular weight excluding hydrogens is 809 g/mol. The largest absolute Gasteiger partial charge is 0.453 e. The van der Waals surface area contributed by atoms with E-state index in [2.05, 4.69) is 32.4 Å². The standard InChI is InChI=1S/C50H48N8O6/c1-63-47(61)55-41(34-9-5-3-6-10-34)45(59)57-29-49(21-22-49)26-39(57)43-51-28-38(54-43)33-18-15-31(16-19-33)13-14-32-17-20-36-37(25-32)53-44(52-36)40-27-50(23-24-50)30-58(40)46(60)42(56-48(62)64-2)35-11-7-4-8-12-35/h3-12,15-20,25,28,39-42H,21-24,26-27,29-30H2,1-2H3,(H,51,54)(H,52,53)(H,55,61)(H,56,62)/t39-,40-,41+,42+/m0/s1. The summed E-state index contributed by atoms with van der Waals surface area (Å²) in [6, 6.07) is 30.0. The quantitative estimate of drug-likeness (QED) is 0.107. The Bertz CT molecular complexity index is 2800. The molecule has 2 saturated carbocycles. The molecule has 2 aromatic heterocycles. The molecule has 14 heteroatoms. The maximum atomic E-state index is 14.3. The number of nitrogens with one attached hydrogen (secondary N) is 4. The molecule has 6 aromatic rings. The maximum absolute atomic E-state index is 14.3. The van der Waals surface area contributed by atoms with Crippen molar-refractivity contribution < 1.29 is 28.7 Å². The lowest BCUT2D eigenvalue weighted by Crippen LogP contribution is -2.43. The Balaban J connectivity index is 0.840. The van der Waals surface area contributed by atoms with E-state index in [1.807, 2.05) is 113 Å². The minimum atomic E-state index is -0.893. The van der Waals surface area contributed by atoms with Crippen molar-refractivity contribution in [3.8, 4) is 23.1 Å². The number of aromatic nitrogens is 4. The Labute approximate surface area is 370 Å². The zero-order valence-corrected chi connectivity index (χ0v) is 35.6. The minimum Gasteiger partial charge on any atom is -0.453 e. The minimum absolute atomic E-state index is 0.0627. The summed E-state index contributed by atoms with van der Waals surface area (Å²) in [6.45, 7) is 1.21. The fourth-order valence-electron chi connectivity index (χ4n) is 9.49. The first-order valence-electron chi connectivity index (χ1n) is 21.7. The van der Waals surface area contributed by atoms with Crippen LogP contribution >= 0.6 is 0 Å². The van der Waals surface area contributed by atoms with Gasteiger partial charge < -0.3 is 39.9 Å². The Hall–Kier alpha value is -7.40. The van der Waals surface area contributed by atoms with Gasteiger partial charge in [-0.3, -0.25) is 9.59 Å². The number of likely N-dealkylation sites (tertiary alicyclic amines) is 2. The number of methoxy groups -OCH3 is 2. The van der Waals surface area contributed by atoms with Crippen molar-refractivity contribution in [1.82, 2.24) is 40.4 Å². The van der Waals surface area contributed by atoms with E-state index in [1.165, 1.54) is 14.2 Å². The average Bonchev–Trinajstić information content (AvgIpc) is 3.94. The summed E-state index contributed by atoms with van der Waals surface area (Å²) in [6.07, 6.45) is 6.27. The third-order valence-corrected chi connectivity index (χ3v) is 13.4. The van der Waals surface area contributed by atoms with E-state index >= 15 is 0 Å². The lowest BCUT2D eigenvalue weighted by molar-refractivity contribution is -0.135. The number of aromatic amines is 2. The Morgan fingerprint density at radius 1 is 0.672 bits per heavy atom. The molecule has 2 aliphatic heterocycles. The Kier molecular flexibility index (Phi) is 10.4. The van der Waals surface area contributed by atoms with E-state index in [1.54, 1.807) is 6.20 Å². The molecule has 2 aliphatic carbocycles. The van der Waals surface area contributed by atoms with Gasteiger partial charge in [0.1, 0.15) is 23.7 Å². The molecule has 64 heavy (non-hydrogen) atoms.